The van der Waals surface area contributed by atoms with Crippen LogP contribution in [-0.4, -0.2) is 38.2 Å². The van der Waals surface area contributed by atoms with Crippen LogP contribution in [0.2, 0.25) is 0 Å². The molecule has 24 heavy (non-hydrogen) atoms. The van der Waals surface area contributed by atoms with Crippen LogP contribution in [0.3, 0.4) is 0 Å². The monoisotopic (exact) mass is 343 g/mol. The van der Waals surface area contributed by atoms with Crippen molar-refractivity contribution in [1.29, 1.82) is 0 Å². The van der Waals surface area contributed by atoms with Crippen LogP contribution >= 0.6 is 11.8 Å². The summed E-state index contributed by atoms with van der Waals surface area (Å²) in [5, 5.41) is 1.12. The number of ether oxygens (including phenoxy) is 3. The number of hydrogen-bond acceptors (Lipinski definition) is 5. The lowest BCUT2D eigenvalue weighted by Crippen LogP contribution is -2.08. The zero-order valence-electron chi connectivity index (χ0n) is 14.1. The molecule has 0 aromatic heterocycles. The molecule has 0 fully saturated rings. The molecule has 0 aliphatic carbocycles. The number of methoxy groups -OCH3 is 3. The van der Waals surface area contributed by atoms with Crippen LogP contribution in [0, 0.1) is 0 Å². The maximum absolute atomic E-state index is 5.43. The number of thioether (sulfide) groups is 1. The van der Waals surface area contributed by atoms with Crippen molar-refractivity contribution in [2.45, 2.75) is 12.5 Å². The second-order valence-corrected chi connectivity index (χ2v) is 6.51. The van der Waals surface area contributed by atoms with Gasteiger partial charge < -0.3 is 14.2 Å². The zero-order valence-corrected chi connectivity index (χ0v) is 14.9. The third-order valence-corrected chi connectivity index (χ3v) is 5.09. The molecule has 4 nitrogen and oxygen atoms in total. The smallest absolute Gasteiger partial charge is 0.203 e. The molecule has 0 saturated heterocycles. The van der Waals surface area contributed by atoms with Crippen LogP contribution in [0.4, 0.5) is 0 Å². The van der Waals surface area contributed by atoms with Crippen molar-refractivity contribution in [3.8, 4) is 17.2 Å². The molecular formula is C19H21NO3S. The van der Waals surface area contributed by atoms with Crippen molar-refractivity contribution in [2.75, 3.05) is 27.1 Å². The molecule has 3 rings (SSSR count). The lowest BCUT2D eigenvalue weighted by molar-refractivity contribution is 0.323. The van der Waals surface area contributed by atoms with Gasteiger partial charge in [0.25, 0.3) is 0 Å². The molecule has 126 valence electrons. The third-order valence-electron chi connectivity index (χ3n) is 3.93. The Hall–Kier alpha value is -2.14. The van der Waals surface area contributed by atoms with Gasteiger partial charge >= 0.3 is 0 Å². The molecule has 0 spiro atoms. The van der Waals surface area contributed by atoms with Crippen molar-refractivity contribution in [2.24, 2.45) is 4.99 Å². The first kappa shape index (κ1) is 16.7. The van der Waals surface area contributed by atoms with Crippen LogP contribution < -0.4 is 14.2 Å². The number of hydrogen-bond donors (Lipinski definition) is 0. The van der Waals surface area contributed by atoms with E-state index in [1.807, 2.05) is 42.1 Å². The Morgan fingerprint density at radius 2 is 1.67 bits per heavy atom. The fourth-order valence-corrected chi connectivity index (χ4v) is 3.85. The second kappa shape index (κ2) is 7.62. The second-order valence-electron chi connectivity index (χ2n) is 5.50. The quantitative estimate of drug-likeness (QED) is 0.799. The first-order chi connectivity index (χ1) is 11.7. The molecular weight excluding hydrogens is 322 g/mol. The van der Waals surface area contributed by atoms with Crippen molar-refractivity contribution in [3.63, 3.8) is 0 Å². The topological polar surface area (TPSA) is 40.0 Å². The molecule has 0 bridgehead atoms. The maximum Gasteiger partial charge on any atom is 0.203 e. The first-order valence-electron chi connectivity index (χ1n) is 7.80. The molecule has 1 unspecified atom stereocenters. The Kier molecular flexibility index (Phi) is 5.30. The van der Waals surface area contributed by atoms with Gasteiger partial charge in [0.1, 0.15) is 0 Å². The summed E-state index contributed by atoms with van der Waals surface area (Å²) in [4.78, 5) is 4.87. The van der Waals surface area contributed by atoms with Crippen LogP contribution in [-0.2, 0) is 6.42 Å². The van der Waals surface area contributed by atoms with Crippen LogP contribution in [0.5, 0.6) is 17.2 Å². The van der Waals surface area contributed by atoms with E-state index in [0.29, 0.717) is 17.2 Å². The summed E-state index contributed by atoms with van der Waals surface area (Å²) < 4.78 is 16.2. The van der Waals surface area contributed by atoms with E-state index < -0.39 is 0 Å². The molecule has 2 aromatic carbocycles. The minimum atomic E-state index is 0.257. The molecule has 0 N–H and O–H groups in total. The highest BCUT2D eigenvalue weighted by atomic mass is 32.2. The van der Waals surface area contributed by atoms with E-state index in [0.717, 1.165) is 22.8 Å². The number of benzene rings is 2. The van der Waals surface area contributed by atoms with Gasteiger partial charge in [0.15, 0.2) is 11.5 Å². The van der Waals surface area contributed by atoms with Gasteiger partial charge in [-0.25, -0.2) is 0 Å². The highest BCUT2D eigenvalue weighted by Gasteiger charge is 2.21. The molecule has 0 amide bonds. The summed E-state index contributed by atoms with van der Waals surface area (Å²) in [6, 6.07) is 14.6. The van der Waals surface area contributed by atoms with Gasteiger partial charge in [-0.3, -0.25) is 4.99 Å². The van der Waals surface area contributed by atoms with Crippen LogP contribution in [0.1, 0.15) is 11.1 Å². The van der Waals surface area contributed by atoms with Gasteiger partial charge in [-0.05, 0) is 24.1 Å². The van der Waals surface area contributed by atoms with Crippen molar-refractivity contribution < 1.29 is 14.2 Å². The van der Waals surface area contributed by atoms with E-state index in [1.165, 1.54) is 5.56 Å². The summed E-state index contributed by atoms with van der Waals surface area (Å²) in [6.07, 6.45) is 0.847. The lowest BCUT2D eigenvalue weighted by atomic mass is 10.1. The maximum atomic E-state index is 5.43. The SMILES string of the molecule is COc1cc(CC2CSC(c3ccccc3)=N2)cc(OC)c1OC. The fourth-order valence-electron chi connectivity index (χ4n) is 2.78. The van der Waals surface area contributed by atoms with E-state index in [-0.39, 0.29) is 6.04 Å². The Morgan fingerprint density at radius 3 is 2.25 bits per heavy atom. The molecule has 0 saturated carbocycles. The normalized spacial score (nSPS) is 16.6. The summed E-state index contributed by atoms with van der Waals surface area (Å²) in [6.45, 7) is 0. The average molecular weight is 343 g/mol. The van der Waals surface area contributed by atoms with E-state index in [1.54, 1.807) is 21.3 Å². The molecule has 0 radical (unpaired) electrons. The first-order valence-corrected chi connectivity index (χ1v) is 8.78. The predicted octanol–water partition coefficient (Wildman–Crippen LogP) is 3.82. The summed E-state index contributed by atoms with van der Waals surface area (Å²) in [5.41, 5.74) is 2.32. The zero-order chi connectivity index (χ0) is 16.9. The number of aliphatic imine (C=N–C) groups is 1. The van der Waals surface area contributed by atoms with Gasteiger partial charge in [0.2, 0.25) is 5.75 Å². The fraction of sp³-hybridized carbons (Fsp3) is 0.316. The molecule has 1 atom stereocenters. The highest BCUT2D eigenvalue weighted by Crippen LogP contribution is 2.39. The molecule has 1 aliphatic rings. The van der Waals surface area contributed by atoms with E-state index in [4.69, 9.17) is 19.2 Å². The van der Waals surface area contributed by atoms with Gasteiger partial charge in [0.05, 0.1) is 32.4 Å². The minimum Gasteiger partial charge on any atom is -0.493 e. The van der Waals surface area contributed by atoms with Crippen LogP contribution in [0.25, 0.3) is 0 Å². The molecule has 2 aromatic rings. The molecule has 1 heterocycles. The summed E-state index contributed by atoms with van der Waals surface area (Å²) in [5.74, 6) is 2.98. The van der Waals surface area contributed by atoms with Gasteiger partial charge in [-0.1, -0.05) is 30.3 Å². The highest BCUT2D eigenvalue weighted by molar-refractivity contribution is 8.14. The van der Waals surface area contributed by atoms with E-state index in [9.17, 15) is 0 Å². The summed E-state index contributed by atoms with van der Waals surface area (Å²) >= 11 is 1.81. The Balaban J connectivity index is 1.81. The summed E-state index contributed by atoms with van der Waals surface area (Å²) in [7, 11) is 4.89. The Bertz CT molecular complexity index is 706. The van der Waals surface area contributed by atoms with Crippen molar-refractivity contribution in [1.82, 2.24) is 0 Å². The van der Waals surface area contributed by atoms with Gasteiger partial charge in [-0.15, -0.1) is 11.8 Å². The Labute approximate surface area is 146 Å². The van der Waals surface area contributed by atoms with E-state index in [2.05, 4.69) is 12.1 Å². The minimum absolute atomic E-state index is 0.257. The third kappa shape index (κ3) is 3.51. The number of nitrogens with zero attached hydrogens (tertiary/aromatic N) is 1. The van der Waals surface area contributed by atoms with E-state index >= 15 is 0 Å². The lowest BCUT2D eigenvalue weighted by Gasteiger charge is -2.15. The Morgan fingerprint density at radius 1 is 1.00 bits per heavy atom. The van der Waals surface area contributed by atoms with Crippen molar-refractivity contribution in [3.05, 3.63) is 53.6 Å². The van der Waals surface area contributed by atoms with Crippen LogP contribution in [0.15, 0.2) is 47.5 Å². The van der Waals surface area contributed by atoms with Crippen molar-refractivity contribution >= 4 is 16.8 Å². The van der Waals surface area contributed by atoms with Gasteiger partial charge in [0, 0.05) is 11.3 Å². The molecule has 1 aliphatic heterocycles. The average Bonchev–Trinajstić information content (AvgIpc) is 3.10. The largest absolute Gasteiger partial charge is 0.493 e. The predicted molar refractivity (Wildman–Crippen MR) is 99.0 cm³/mol. The standard InChI is InChI=1S/C19H21NO3S/c1-21-16-10-13(11-17(22-2)18(16)23-3)9-15-12-24-19(20-15)14-7-5-4-6-8-14/h4-8,10-11,15H,9,12H2,1-3H3. The van der Waals surface area contributed by atoms with Gasteiger partial charge in [-0.2, -0.15) is 0 Å². The number of rotatable bonds is 6. The molecule has 5 heteroatoms.